The molecule has 142 valence electrons. The molecule has 27 heavy (non-hydrogen) atoms. The number of amides is 1. The van der Waals surface area contributed by atoms with Gasteiger partial charge in [-0.05, 0) is 43.0 Å². The molecule has 0 aliphatic carbocycles. The first kappa shape index (κ1) is 17.6. The Bertz CT molecular complexity index is 801. The number of ether oxygens (including phenoxy) is 2. The van der Waals surface area contributed by atoms with Crippen LogP contribution in [0.25, 0.3) is 0 Å². The number of carbonyl (C=O) groups is 1. The van der Waals surface area contributed by atoms with Gasteiger partial charge in [0.25, 0.3) is 5.91 Å². The van der Waals surface area contributed by atoms with E-state index < -0.39 is 0 Å². The summed E-state index contributed by atoms with van der Waals surface area (Å²) in [4.78, 5) is 18.7. The van der Waals surface area contributed by atoms with Crippen molar-refractivity contribution in [3.05, 3.63) is 47.7 Å². The molecule has 2 aromatic rings. The number of carbonyl (C=O) groups excluding carboxylic acids is 1. The van der Waals surface area contributed by atoms with Crippen LogP contribution in [-0.2, 0) is 6.42 Å². The third kappa shape index (κ3) is 3.99. The van der Waals surface area contributed by atoms with Crippen molar-refractivity contribution in [2.75, 3.05) is 38.7 Å². The molecule has 6 heteroatoms. The number of pyridine rings is 1. The summed E-state index contributed by atoms with van der Waals surface area (Å²) >= 11 is 0. The topological polar surface area (TPSA) is 63.7 Å². The summed E-state index contributed by atoms with van der Waals surface area (Å²) in [6.07, 6.45) is 4.82. The van der Waals surface area contributed by atoms with Crippen LogP contribution < -0.4 is 14.8 Å². The Kier molecular flexibility index (Phi) is 5.14. The van der Waals surface area contributed by atoms with Crippen molar-refractivity contribution in [1.82, 2.24) is 9.88 Å². The van der Waals surface area contributed by atoms with Crippen LogP contribution in [0.3, 0.4) is 0 Å². The van der Waals surface area contributed by atoms with E-state index in [4.69, 9.17) is 9.47 Å². The summed E-state index contributed by atoms with van der Waals surface area (Å²) in [5.41, 5.74) is 1.86. The van der Waals surface area contributed by atoms with Crippen LogP contribution in [0.5, 0.6) is 11.5 Å². The quantitative estimate of drug-likeness (QED) is 0.880. The molecule has 0 radical (unpaired) electrons. The van der Waals surface area contributed by atoms with E-state index in [1.165, 1.54) is 5.56 Å². The molecule has 0 spiro atoms. The first-order valence-corrected chi connectivity index (χ1v) is 9.52. The van der Waals surface area contributed by atoms with Crippen LogP contribution in [0.15, 0.2) is 36.5 Å². The largest absolute Gasteiger partial charge is 0.497 e. The van der Waals surface area contributed by atoms with Crippen LogP contribution in [-0.4, -0.2) is 49.1 Å². The van der Waals surface area contributed by atoms with Crippen molar-refractivity contribution in [1.29, 1.82) is 0 Å². The van der Waals surface area contributed by atoms with Crippen LogP contribution >= 0.6 is 0 Å². The zero-order valence-electron chi connectivity index (χ0n) is 15.6. The average molecular weight is 367 g/mol. The third-order valence-corrected chi connectivity index (χ3v) is 5.23. The van der Waals surface area contributed by atoms with E-state index in [2.05, 4.69) is 16.4 Å². The lowest BCUT2D eigenvalue weighted by Gasteiger charge is -2.26. The number of aromatic nitrogens is 1. The molecule has 6 nitrogen and oxygen atoms in total. The van der Waals surface area contributed by atoms with Crippen molar-refractivity contribution < 1.29 is 14.3 Å². The molecule has 4 rings (SSSR count). The van der Waals surface area contributed by atoms with Gasteiger partial charge in [0.15, 0.2) is 0 Å². The highest BCUT2D eigenvalue weighted by Crippen LogP contribution is 2.31. The Morgan fingerprint density at radius 2 is 2.15 bits per heavy atom. The maximum Gasteiger partial charge on any atom is 0.255 e. The Labute approximate surface area is 159 Å². The van der Waals surface area contributed by atoms with Crippen molar-refractivity contribution in [2.45, 2.75) is 19.3 Å². The normalized spacial score (nSPS) is 18.6. The minimum absolute atomic E-state index is 0.0827. The minimum atomic E-state index is 0.0827. The van der Waals surface area contributed by atoms with E-state index in [1.54, 1.807) is 13.3 Å². The van der Waals surface area contributed by atoms with Gasteiger partial charge in [-0.2, -0.15) is 0 Å². The predicted octanol–water partition coefficient (Wildman–Crippen LogP) is 2.99. The fraction of sp³-hybridized carbons (Fsp3) is 0.429. The van der Waals surface area contributed by atoms with Gasteiger partial charge in [0, 0.05) is 37.8 Å². The van der Waals surface area contributed by atoms with Crippen molar-refractivity contribution in [3.8, 4) is 11.5 Å². The molecule has 0 bridgehead atoms. The highest BCUT2D eigenvalue weighted by Gasteiger charge is 2.21. The summed E-state index contributed by atoms with van der Waals surface area (Å²) in [6, 6.07) is 9.71. The number of hydrogen-bond acceptors (Lipinski definition) is 5. The summed E-state index contributed by atoms with van der Waals surface area (Å²) in [7, 11) is 1.66. The Balaban J connectivity index is 1.31. The molecule has 1 atom stereocenters. The molecule has 1 amide bonds. The van der Waals surface area contributed by atoms with E-state index in [9.17, 15) is 4.79 Å². The molecule has 1 unspecified atom stereocenters. The SMILES string of the molecule is COc1ccc2c(c1)OCC(CNc1ccc(C(=O)N3CCCC3)cn1)C2. The number of likely N-dealkylation sites (tertiary alicyclic amines) is 1. The fourth-order valence-electron chi connectivity index (χ4n) is 3.65. The van der Waals surface area contributed by atoms with Gasteiger partial charge >= 0.3 is 0 Å². The van der Waals surface area contributed by atoms with Gasteiger partial charge in [0.2, 0.25) is 0 Å². The standard InChI is InChI=1S/C21H25N3O3/c1-26-18-6-4-16-10-15(14-27-19(16)11-18)12-22-20-7-5-17(13-23-20)21(25)24-8-2-3-9-24/h4-7,11,13,15H,2-3,8-10,12,14H2,1H3,(H,22,23). The molecule has 1 saturated heterocycles. The van der Waals surface area contributed by atoms with Gasteiger partial charge in [-0.15, -0.1) is 0 Å². The Morgan fingerprint density at radius 3 is 2.89 bits per heavy atom. The highest BCUT2D eigenvalue weighted by atomic mass is 16.5. The zero-order chi connectivity index (χ0) is 18.6. The zero-order valence-corrected chi connectivity index (χ0v) is 15.6. The van der Waals surface area contributed by atoms with Crippen LogP contribution in [0.4, 0.5) is 5.82 Å². The highest BCUT2D eigenvalue weighted by molar-refractivity contribution is 5.94. The van der Waals surface area contributed by atoms with Crippen LogP contribution in [0.2, 0.25) is 0 Å². The lowest BCUT2D eigenvalue weighted by molar-refractivity contribution is 0.0792. The van der Waals surface area contributed by atoms with Gasteiger partial charge < -0.3 is 19.7 Å². The number of methoxy groups -OCH3 is 1. The lowest BCUT2D eigenvalue weighted by Crippen LogP contribution is -2.28. The van der Waals surface area contributed by atoms with Crippen LogP contribution in [0, 0.1) is 5.92 Å². The van der Waals surface area contributed by atoms with Crippen LogP contribution in [0.1, 0.15) is 28.8 Å². The molecular formula is C21H25N3O3. The van der Waals surface area contributed by atoms with Crippen molar-refractivity contribution in [2.24, 2.45) is 5.92 Å². The molecule has 1 N–H and O–H groups in total. The Hall–Kier alpha value is -2.76. The third-order valence-electron chi connectivity index (χ3n) is 5.23. The van der Waals surface area contributed by atoms with Gasteiger partial charge in [-0.25, -0.2) is 4.98 Å². The monoisotopic (exact) mass is 367 g/mol. The van der Waals surface area contributed by atoms with E-state index in [0.717, 1.165) is 56.2 Å². The second-order valence-electron chi connectivity index (χ2n) is 7.17. The van der Waals surface area contributed by atoms with E-state index in [0.29, 0.717) is 18.1 Å². The lowest BCUT2D eigenvalue weighted by atomic mass is 9.96. The van der Waals surface area contributed by atoms with E-state index in [-0.39, 0.29) is 5.91 Å². The first-order valence-electron chi connectivity index (χ1n) is 9.52. The second-order valence-corrected chi connectivity index (χ2v) is 7.17. The summed E-state index contributed by atoms with van der Waals surface area (Å²) < 4.78 is 11.1. The molecule has 3 heterocycles. The van der Waals surface area contributed by atoms with Gasteiger partial charge in [-0.1, -0.05) is 6.07 Å². The summed E-state index contributed by atoms with van der Waals surface area (Å²) in [5, 5.41) is 3.36. The Morgan fingerprint density at radius 1 is 1.30 bits per heavy atom. The number of fused-ring (bicyclic) bond motifs is 1. The van der Waals surface area contributed by atoms with E-state index >= 15 is 0 Å². The molecule has 1 aromatic carbocycles. The molecule has 0 saturated carbocycles. The molecular weight excluding hydrogens is 342 g/mol. The van der Waals surface area contributed by atoms with Gasteiger partial charge in [0.05, 0.1) is 19.3 Å². The number of anilines is 1. The molecule has 1 fully saturated rings. The van der Waals surface area contributed by atoms with Gasteiger partial charge in [-0.3, -0.25) is 4.79 Å². The smallest absolute Gasteiger partial charge is 0.255 e. The minimum Gasteiger partial charge on any atom is -0.497 e. The summed E-state index contributed by atoms with van der Waals surface area (Å²) in [5.74, 6) is 2.97. The number of nitrogens with one attached hydrogen (secondary N) is 1. The number of benzene rings is 1. The maximum atomic E-state index is 12.4. The number of rotatable bonds is 5. The fourth-order valence-corrected chi connectivity index (χ4v) is 3.65. The average Bonchev–Trinajstić information content (AvgIpc) is 3.26. The predicted molar refractivity (Wildman–Crippen MR) is 104 cm³/mol. The van der Waals surface area contributed by atoms with E-state index in [1.807, 2.05) is 29.2 Å². The number of hydrogen-bond donors (Lipinski definition) is 1. The van der Waals surface area contributed by atoms with Crippen molar-refractivity contribution in [3.63, 3.8) is 0 Å². The molecule has 2 aliphatic heterocycles. The maximum absolute atomic E-state index is 12.4. The second kappa shape index (κ2) is 7.86. The van der Waals surface area contributed by atoms with Gasteiger partial charge in [0.1, 0.15) is 17.3 Å². The summed E-state index contributed by atoms with van der Waals surface area (Å²) in [6.45, 7) is 3.15. The molecule has 1 aromatic heterocycles. The first-order chi connectivity index (χ1) is 13.2. The van der Waals surface area contributed by atoms with Crippen molar-refractivity contribution >= 4 is 11.7 Å². The number of nitrogens with zero attached hydrogens (tertiary/aromatic N) is 2. The molecule has 2 aliphatic rings.